The largest absolute Gasteiger partial charge is 0.379 e. The summed E-state index contributed by atoms with van der Waals surface area (Å²) in [7, 11) is 0. The third kappa shape index (κ3) is 8.43. The van der Waals surface area contributed by atoms with Crippen LogP contribution in [0.5, 0.6) is 0 Å². The minimum Gasteiger partial charge on any atom is -0.379 e. The average molecular weight is 473 g/mol. The lowest BCUT2D eigenvalue weighted by Gasteiger charge is -2.27. The first kappa shape index (κ1) is 27.4. The Morgan fingerprint density at radius 3 is 2.39 bits per heavy atom. The van der Waals surface area contributed by atoms with Gasteiger partial charge in [-0.3, -0.25) is 14.5 Å². The van der Waals surface area contributed by atoms with Crippen molar-refractivity contribution in [2.24, 2.45) is 5.73 Å². The van der Waals surface area contributed by atoms with E-state index in [1.54, 1.807) is 0 Å². The summed E-state index contributed by atoms with van der Waals surface area (Å²) in [5.74, 6) is -0.439. The summed E-state index contributed by atoms with van der Waals surface area (Å²) < 4.78 is 5.35. The molecule has 1 aliphatic carbocycles. The first-order valence-corrected chi connectivity index (χ1v) is 10.4. The standard InChI is InChI=1S/C22H32N4O3.2ClH/c23-22(9-4-5-10-22)21(28)25-19(17-18-7-2-1-3-8-18)20(27)24-11-6-12-26-13-15-29-16-14-26;;/h1-5,7-8,19H,6,9-17,23H2,(H,24,27)(H,25,28);2*1H/t19-;;/m1../s1. The van der Waals surface area contributed by atoms with Gasteiger partial charge in [0.25, 0.3) is 0 Å². The van der Waals surface area contributed by atoms with Crippen molar-refractivity contribution in [3.63, 3.8) is 0 Å². The summed E-state index contributed by atoms with van der Waals surface area (Å²) in [6.07, 6.45) is 6.12. The summed E-state index contributed by atoms with van der Waals surface area (Å²) in [6, 6.07) is 9.07. The van der Waals surface area contributed by atoms with Gasteiger partial charge in [-0.05, 0) is 31.4 Å². The third-order valence-corrected chi connectivity index (χ3v) is 5.54. The Morgan fingerprint density at radius 2 is 1.74 bits per heavy atom. The second-order valence-electron chi connectivity index (χ2n) is 7.85. The fourth-order valence-corrected chi connectivity index (χ4v) is 3.68. The van der Waals surface area contributed by atoms with Gasteiger partial charge in [0.2, 0.25) is 11.8 Å². The van der Waals surface area contributed by atoms with Gasteiger partial charge in [0.1, 0.15) is 11.6 Å². The molecule has 1 heterocycles. The van der Waals surface area contributed by atoms with Crippen molar-refractivity contribution in [3.8, 4) is 0 Å². The SMILES string of the molecule is Cl.Cl.NC1(C(=O)N[C@H](Cc2ccccc2)C(=O)NCCCN2CCOCC2)CC=CC1. The third-order valence-electron chi connectivity index (χ3n) is 5.54. The Labute approximate surface area is 197 Å². The zero-order valence-electron chi connectivity index (χ0n) is 17.8. The van der Waals surface area contributed by atoms with Crippen LogP contribution in [0.15, 0.2) is 42.5 Å². The number of amides is 2. The number of carbonyl (C=O) groups excluding carboxylic acids is 2. The van der Waals surface area contributed by atoms with Crippen LogP contribution < -0.4 is 16.4 Å². The summed E-state index contributed by atoms with van der Waals surface area (Å²) in [5, 5.41) is 5.88. The Bertz CT molecular complexity index is 704. The molecule has 1 atom stereocenters. The molecule has 0 aromatic heterocycles. The predicted molar refractivity (Wildman–Crippen MR) is 127 cm³/mol. The fourth-order valence-electron chi connectivity index (χ4n) is 3.68. The second kappa shape index (κ2) is 13.7. The van der Waals surface area contributed by atoms with Crippen LogP contribution in [0.3, 0.4) is 0 Å². The molecule has 31 heavy (non-hydrogen) atoms. The molecule has 2 aliphatic rings. The first-order valence-electron chi connectivity index (χ1n) is 10.4. The number of carbonyl (C=O) groups is 2. The Morgan fingerprint density at radius 1 is 1.10 bits per heavy atom. The van der Waals surface area contributed by atoms with Crippen molar-refractivity contribution in [2.75, 3.05) is 39.4 Å². The number of nitrogens with zero attached hydrogens (tertiary/aromatic N) is 1. The second-order valence-corrected chi connectivity index (χ2v) is 7.85. The van der Waals surface area contributed by atoms with E-state index in [1.165, 1.54) is 0 Å². The topological polar surface area (TPSA) is 96.7 Å². The molecule has 174 valence electrons. The van der Waals surface area contributed by atoms with E-state index in [9.17, 15) is 9.59 Å². The van der Waals surface area contributed by atoms with E-state index in [-0.39, 0.29) is 36.6 Å². The molecule has 0 bridgehead atoms. The van der Waals surface area contributed by atoms with Crippen LogP contribution >= 0.6 is 24.8 Å². The Hall–Kier alpha value is -1.64. The molecular weight excluding hydrogens is 439 g/mol. The maximum absolute atomic E-state index is 12.8. The molecule has 0 saturated carbocycles. The normalized spacial score (nSPS) is 18.4. The molecule has 4 N–H and O–H groups in total. The molecule has 2 amide bonds. The van der Waals surface area contributed by atoms with Crippen LogP contribution in [0.1, 0.15) is 24.8 Å². The highest BCUT2D eigenvalue weighted by atomic mass is 35.5. The zero-order chi connectivity index (χ0) is 20.5. The van der Waals surface area contributed by atoms with Gasteiger partial charge in [-0.2, -0.15) is 0 Å². The highest BCUT2D eigenvalue weighted by Crippen LogP contribution is 2.21. The molecule has 1 aliphatic heterocycles. The molecular formula is C22H34Cl2N4O3. The Balaban J connectivity index is 0.00000240. The maximum Gasteiger partial charge on any atom is 0.242 e. The van der Waals surface area contributed by atoms with E-state index in [4.69, 9.17) is 10.5 Å². The van der Waals surface area contributed by atoms with E-state index in [0.29, 0.717) is 25.8 Å². The predicted octanol–water partition coefficient (Wildman–Crippen LogP) is 1.44. The van der Waals surface area contributed by atoms with Crippen LogP contribution in [-0.4, -0.2) is 67.7 Å². The lowest BCUT2D eigenvalue weighted by atomic mass is 9.95. The lowest BCUT2D eigenvalue weighted by molar-refractivity contribution is -0.131. The van der Waals surface area contributed by atoms with Gasteiger partial charge >= 0.3 is 0 Å². The number of rotatable bonds is 9. The zero-order valence-corrected chi connectivity index (χ0v) is 19.4. The van der Waals surface area contributed by atoms with Gasteiger partial charge in [-0.15, -0.1) is 24.8 Å². The molecule has 0 radical (unpaired) electrons. The summed E-state index contributed by atoms with van der Waals surface area (Å²) in [5.41, 5.74) is 6.27. The van der Waals surface area contributed by atoms with Crippen LogP contribution in [0.4, 0.5) is 0 Å². The van der Waals surface area contributed by atoms with E-state index >= 15 is 0 Å². The summed E-state index contributed by atoms with van der Waals surface area (Å²) >= 11 is 0. The number of halogens is 2. The van der Waals surface area contributed by atoms with Crippen molar-refractivity contribution >= 4 is 36.6 Å². The molecule has 1 aromatic carbocycles. The fraction of sp³-hybridized carbons (Fsp3) is 0.545. The highest BCUT2D eigenvalue weighted by Gasteiger charge is 2.36. The van der Waals surface area contributed by atoms with Gasteiger partial charge in [0, 0.05) is 26.1 Å². The molecule has 0 spiro atoms. The van der Waals surface area contributed by atoms with Crippen molar-refractivity contribution in [3.05, 3.63) is 48.0 Å². The van der Waals surface area contributed by atoms with Crippen molar-refractivity contribution in [1.82, 2.24) is 15.5 Å². The first-order chi connectivity index (χ1) is 14.1. The van der Waals surface area contributed by atoms with Crippen LogP contribution in [0.2, 0.25) is 0 Å². The minimum atomic E-state index is -0.953. The molecule has 3 rings (SSSR count). The number of benzene rings is 1. The smallest absolute Gasteiger partial charge is 0.242 e. The minimum absolute atomic E-state index is 0. The molecule has 1 fully saturated rings. The van der Waals surface area contributed by atoms with Gasteiger partial charge in [0.05, 0.1) is 13.2 Å². The number of hydrogen-bond donors (Lipinski definition) is 3. The highest BCUT2D eigenvalue weighted by molar-refractivity contribution is 5.92. The quantitative estimate of drug-likeness (QED) is 0.373. The number of hydrogen-bond acceptors (Lipinski definition) is 5. The lowest BCUT2D eigenvalue weighted by Crippen LogP contribution is -2.58. The van der Waals surface area contributed by atoms with Crippen molar-refractivity contribution in [1.29, 1.82) is 0 Å². The van der Waals surface area contributed by atoms with Gasteiger partial charge in [0.15, 0.2) is 0 Å². The number of nitrogens with one attached hydrogen (secondary N) is 2. The van der Waals surface area contributed by atoms with Gasteiger partial charge in [-0.1, -0.05) is 42.5 Å². The molecule has 1 saturated heterocycles. The monoisotopic (exact) mass is 472 g/mol. The number of ether oxygens (including phenoxy) is 1. The maximum atomic E-state index is 12.8. The van der Waals surface area contributed by atoms with E-state index in [1.807, 2.05) is 42.5 Å². The Kier molecular flexibility index (Phi) is 12.1. The van der Waals surface area contributed by atoms with Crippen LogP contribution in [0.25, 0.3) is 0 Å². The average Bonchev–Trinajstić information content (AvgIpc) is 3.20. The number of nitrogens with two attached hydrogens (primary N) is 1. The molecule has 7 nitrogen and oxygen atoms in total. The van der Waals surface area contributed by atoms with E-state index < -0.39 is 11.6 Å². The van der Waals surface area contributed by atoms with E-state index in [2.05, 4.69) is 15.5 Å². The van der Waals surface area contributed by atoms with Crippen LogP contribution in [-0.2, 0) is 20.7 Å². The summed E-state index contributed by atoms with van der Waals surface area (Å²) in [6.45, 7) is 4.92. The summed E-state index contributed by atoms with van der Waals surface area (Å²) in [4.78, 5) is 27.9. The van der Waals surface area contributed by atoms with Gasteiger partial charge in [-0.25, -0.2) is 0 Å². The molecule has 1 aromatic rings. The van der Waals surface area contributed by atoms with Crippen LogP contribution in [0, 0.1) is 0 Å². The van der Waals surface area contributed by atoms with Crippen molar-refractivity contribution < 1.29 is 14.3 Å². The van der Waals surface area contributed by atoms with Crippen molar-refractivity contribution in [2.45, 2.75) is 37.3 Å². The van der Waals surface area contributed by atoms with Gasteiger partial charge < -0.3 is 21.1 Å². The van der Waals surface area contributed by atoms with E-state index in [0.717, 1.165) is 44.8 Å². The molecule has 9 heteroatoms. The number of morpholine rings is 1. The molecule has 0 unspecified atom stereocenters.